The number of fused-ring (bicyclic) bond motifs is 5. The molecule has 0 aromatic heterocycles. The topological polar surface area (TPSA) is 200 Å². The van der Waals surface area contributed by atoms with Crippen molar-refractivity contribution in [2.75, 3.05) is 39.0 Å². The Balaban J connectivity index is 1.62. The van der Waals surface area contributed by atoms with Gasteiger partial charge in [0, 0.05) is 56.9 Å². The van der Waals surface area contributed by atoms with Gasteiger partial charge < -0.3 is 44.3 Å². The highest BCUT2D eigenvalue weighted by atomic mass is 35.5. The molecule has 0 aliphatic carbocycles. The van der Waals surface area contributed by atoms with E-state index in [1.807, 2.05) is 26.8 Å². The minimum absolute atomic E-state index is 0.0646. The van der Waals surface area contributed by atoms with Gasteiger partial charge >= 0.3 is 12.1 Å². The third-order valence-electron chi connectivity index (χ3n) is 11.4. The van der Waals surface area contributed by atoms with Crippen LogP contribution in [0.3, 0.4) is 0 Å². The summed E-state index contributed by atoms with van der Waals surface area (Å²) in [4.78, 5) is 68.4. The zero-order valence-corrected chi connectivity index (χ0v) is 38.6. The lowest BCUT2D eigenvalue weighted by Crippen LogP contribution is -2.63. The van der Waals surface area contributed by atoms with Crippen LogP contribution in [-0.2, 0) is 44.5 Å². The average Bonchev–Trinajstić information content (AvgIpc) is 3.88. The molecule has 1 aromatic carbocycles. The molecule has 0 radical (unpaired) electrons. The molecule has 18 heteroatoms. The lowest BCUT2D eigenvalue weighted by molar-refractivity contribution is -0.162. The number of allylic oxidation sites excluding steroid dienone is 3. The predicted molar refractivity (Wildman–Crippen MR) is 233 cm³/mol. The number of rotatable bonds is 14. The Bertz CT molecular complexity index is 1830. The summed E-state index contributed by atoms with van der Waals surface area (Å²) in [5, 5.41) is 14.5. The summed E-state index contributed by atoms with van der Waals surface area (Å²) in [5.41, 5.74) is 4.25. The van der Waals surface area contributed by atoms with Crippen LogP contribution < -0.4 is 20.7 Å². The number of methoxy groups -OCH3 is 2. The van der Waals surface area contributed by atoms with Crippen LogP contribution >= 0.6 is 33.2 Å². The number of ether oxygens (including phenoxy) is 5. The number of carbonyl (C=O) groups excluding carboxylic acids is 5. The minimum atomic E-state index is -1.84. The van der Waals surface area contributed by atoms with Crippen molar-refractivity contribution in [2.24, 2.45) is 11.7 Å². The maximum Gasteiger partial charge on any atom is 0.409 e. The first-order valence-electron chi connectivity index (χ1n) is 20.0. The molecule has 4 rings (SSSR count). The Hall–Kier alpha value is -3.48. The summed E-state index contributed by atoms with van der Waals surface area (Å²) in [6.45, 7) is 11.1. The van der Waals surface area contributed by atoms with Crippen molar-refractivity contribution in [2.45, 2.75) is 133 Å². The molecule has 3 aliphatic heterocycles. The number of nitrogens with two attached hydrogens (primary N) is 1. The van der Waals surface area contributed by atoms with Gasteiger partial charge in [-0.05, 0) is 71.6 Å². The van der Waals surface area contributed by atoms with Gasteiger partial charge in [-0.3, -0.25) is 19.7 Å². The van der Waals surface area contributed by atoms with Crippen molar-refractivity contribution >= 4 is 68.7 Å². The molecule has 4 amide bonds. The molecule has 4 N–H and O–H groups in total. The molecule has 15 nitrogen and oxygen atoms in total. The number of likely N-dealkylation sites (N-methyl/N-ethyl adjacent to an activating group) is 1. The molecule has 4 bridgehead atoms. The highest BCUT2D eigenvalue weighted by molar-refractivity contribution is 8.77. The summed E-state index contributed by atoms with van der Waals surface area (Å²) >= 11 is 6.79. The van der Waals surface area contributed by atoms with Gasteiger partial charge in [0.05, 0.1) is 25.3 Å². The lowest BCUT2D eigenvalue weighted by atomic mass is 9.83. The fraction of sp³-hybridized carbons (Fsp3) is 0.643. The van der Waals surface area contributed by atoms with E-state index in [2.05, 4.69) is 5.32 Å². The molecule has 1 aromatic rings. The number of hydrogen-bond donors (Lipinski definition) is 3. The highest BCUT2D eigenvalue weighted by Crippen LogP contribution is 2.49. The molecule has 60 heavy (non-hydrogen) atoms. The number of halogens is 1. The van der Waals surface area contributed by atoms with Crippen molar-refractivity contribution < 1.29 is 52.8 Å². The van der Waals surface area contributed by atoms with E-state index >= 15 is 0 Å². The van der Waals surface area contributed by atoms with Crippen molar-refractivity contribution in [3.05, 3.63) is 46.5 Å². The number of alkyl carbamates (subject to hydrolysis) is 1. The number of anilines is 1. The molecule has 1 unspecified atom stereocenters. The van der Waals surface area contributed by atoms with Crippen LogP contribution in [0.25, 0.3) is 0 Å². The Morgan fingerprint density at radius 2 is 1.92 bits per heavy atom. The predicted octanol–water partition coefficient (Wildman–Crippen LogP) is 5.72. The molecule has 0 saturated carbocycles. The zero-order chi connectivity index (χ0) is 44.7. The van der Waals surface area contributed by atoms with Gasteiger partial charge in [-0.25, -0.2) is 9.59 Å². The quantitative estimate of drug-likeness (QED) is 0.0888. The molecular weight excluding hydrogens is 836 g/mol. The first-order chi connectivity index (χ1) is 28.0. The monoisotopic (exact) mass is 896 g/mol. The molecule has 3 heterocycles. The summed E-state index contributed by atoms with van der Waals surface area (Å²) in [6.07, 6.45) is 2.48. The number of primary amides is 1. The van der Waals surface area contributed by atoms with Crippen LogP contribution in [-0.4, -0.2) is 120 Å². The standard InChI is InChI=1S/C42H61ClN4O11S2/c1-24-13-11-14-31(55-10)42(53)23-30(56-39(52)45-42)25(2)37-41(6,58-37)32(22-35(50)47(8)28-20-27(19-24)21-29(54-9)36(28)43)57-38(51)26(3)46(7)34(49)16-17-40(4,5)60-59-18-12-15-33(44)48/h11,13-14,20-21,25-26,30-32,37,53H,12,15-19,22-23H2,1-10H3,(H2,44,48)(H,45,52)/b14-11+,24-13+/t25-,26+,30+,31-,32+,37+,41?,42+/m1/s1. The van der Waals surface area contributed by atoms with Crippen molar-refractivity contribution in [1.29, 1.82) is 0 Å². The fourth-order valence-corrected chi connectivity index (χ4v) is 10.3. The molecule has 334 valence electrons. The van der Waals surface area contributed by atoms with E-state index < -0.39 is 65.7 Å². The molecule has 0 spiro atoms. The molecular formula is C42H61ClN4O11S2. The van der Waals surface area contributed by atoms with Gasteiger partial charge in [0.1, 0.15) is 40.7 Å². The van der Waals surface area contributed by atoms with Crippen LogP contribution in [0.5, 0.6) is 5.75 Å². The van der Waals surface area contributed by atoms with Crippen LogP contribution in [0.15, 0.2) is 35.9 Å². The van der Waals surface area contributed by atoms with Crippen molar-refractivity contribution in [1.82, 2.24) is 10.2 Å². The minimum Gasteiger partial charge on any atom is -0.495 e. The smallest absolute Gasteiger partial charge is 0.409 e. The second-order valence-corrected chi connectivity index (χ2v) is 20.1. The first kappa shape index (κ1) is 49.2. The van der Waals surface area contributed by atoms with Gasteiger partial charge in [0.15, 0.2) is 5.72 Å². The van der Waals surface area contributed by atoms with Crippen LogP contribution in [0.2, 0.25) is 5.02 Å². The Morgan fingerprint density at radius 1 is 1.22 bits per heavy atom. The van der Waals surface area contributed by atoms with Crippen molar-refractivity contribution in [3.8, 4) is 5.75 Å². The second kappa shape index (κ2) is 20.6. The fourth-order valence-electron chi connectivity index (χ4n) is 7.35. The molecule has 2 fully saturated rings. The van der Waals surface area contributed by atoms with Crippen LogP contribution in [0.1, 0.15) is 85.6 Å². The van der Waals surface area contributed by atoms with E-state index in [1.54, 1.807) is 73.7 Å². The largest absolute Gasteiger partial charge is 0.495 e. The number of hydrogen-bond acceptors (Lipinski definition) is 13. The second-order valence-electron chi connectivity index (χ2n) is 16.6. The van der Waals surface area contributed by atoms with Gasteiger partial charge in [-0.2, -0.15) is 0 Å². The maximum absolute atomic E-state index is 14.3. The van der Waals surface area contributed by atoms with Gasteiger partial charge in [0.2, 0.25) is 17.7 Å². The summed E-state index contributed by atoms with van der Waals surface area (Å²) in [5.74, 6) is -1.23. The maximum atomic E-state index is 14.3. The average molecular weight is 898 g/mol. The Morgan fingerprint density at radius 3 is 2.57 bits per heavy atom. The molecule has 8 atom stereocenters. The van der Waals surface area contributed by atoms with E-state index in [0.29, 0.717) is 37.1 Å². The van der Waals surface area contributed by atoms with Crippen LogP contribution in [0.4, 0.5) is 10.5 Å². The number of carbonyl (C=O) groups is 5. The number of amides is 4. The zero-order valence-electron chi connectivity index (χ0n) is 36.2. The van der Waals surface area contributed by atoms with Gasteiger partial charge in [0.25, 0.3) is 0 Å². The van der Waals surface area contributed by atoms with Crippen molar-refractivity contribution in [3.63, 3.8) is 0 Å². The summed E-state index contributed by atoms with van der Waals surface area (Å²) < 4.78 is 29.1. The number of nitrogens with zero attached hydrogens (tertiary/aromatic N) is 2. The Labute approximate surface area is 366 Å². The number of nitrogens with one attached hydrogen (secondary N) is 1. The third-order valence-corrected chi connectivity index (χ3v) is 15.2. The van der Waals surface area contributed by atoms with E-state index in [-0.39, 0.29) is 40.8 Å². The highest BCUT2D eigenvalue weighted by Gasteiger charge is 2.64. The normalized spacial score (nSPS) is 29.2. The number of aliphatic hydroxyl groups is 1. The van der Waals surface area contributed by atoms with E-state index in [4.69, 9.17) is 41.0 Å². The lowest BCUT2D eigenvalue weighted by Gasteiger charge is -2.42. The van der Waals surface area contributed by atoms with Crippen LogP contribution in [0, 0.1) is 5.92 Å². The van der Waals surface area contributed by atoms with E-state index in [1.165, 1.54) is 31.1 Å². The third kappa shape index (κ3) is 12.3. The first-order valence-corrected chi connectivity index (χ1v) is 22.7. The van der Waals surface area contributed by atoms with Gasteiger partial charge in [-0.1, -0.05) is 63.9 Å². The van der Waals surface area contributed by atoms with E-state index in [9.17, 15) is 29.1 Å². The summed E-state index contributed by atoms with van der Waals surface area (Å²) in [6, 6.07) is 2.56. The molecule has 3 aliphatic rings. The molecule has 2 saturated heterocycles. The van der Waals surface area contributed by atoms with E-state index in [0.717, 1.165) is 16.9 Å². The number of esters is 1. The van der Waals surface area contributed by atoms with Gasteiger partial charge in [-0.15, -0.1) is 0 Å². The SMILES string of the molecule is COc1cc2cc(c1Cl)N(C)C(=O)C[C@H](OC(=O)[C@H](C)N(C)C(=O)CCC(C)(C)SSCCCC(N)=O)C1(C)O[C@H]1[C@H](C)[C@@H]1C[C@@](O)(NC(=O)O1)[C@H](OC)/C=C/C=C(\C)C2. The number of benzene rings is 1. The Kier molecular flexibility index (Phi) is 16.9. The number of epoxide rings is 1. The summed E-state index contributed by atoms with van der Waals surface area (Å²) in [7, 11) is 9.27.